The Balaban J connectivity index is 1.99. The van der Waals surface area contributed by atoms with Crippen molar-refractivity contribution in [3.05, 3.63) is 71.3 Å². The first-order valence-electron chi connectivity index (χ1n) is 6.70. The molecular formula is C16H19N3O2. The van der Waals surface area contributed by atoms with Crippen LogP contribution in [0.1, 0.15) is 22.7 Å². The number of amidine groups is 1. The van der Waals surface area contributed by atoms with Crippen molar-refractivity contribution in [2.75, 3.05) is 6.61 Å². The Kier molecular flexibility index (Phi) is 5.31. The molecular weight excluding hydrogens is 266 g/mol. The van der Waals surface area contributed by atoms with Crippen LogP contribution >= 0.6 is 0 Å². The van der Waals surface area contributed by atoms with Crippen LogP contribution in [0, 0.1) is 0 Å². The van der Waals surface area contributed by atoms with Gasteiger partial charge in [-0.2, -0.15) is 0 Å². The fourth-order valence-electron chi connectivity index (χ4n) is 2.07. The van der Waals surface area contributed by atoms with Crippen LogP contribution < -0.4 is 11.1 Å². The molecule has 0 radical (unpaired) electrons. The van der Waals surface area contributed by atoms with Crippen LogP contribution in [0.3, 0.4) is 0 Å². The summed E-state index contributed by atoms with van der Waals surface area (Å²) in [4.78, 5) is 0. The second kappa shape index (κ2) is 7.42. The summed E-state index contributed by atoms with van der Waals surface area (Å²) in [6, 6.07) is 17.1. The third-order valence-corrected chi connectivity index (χ3v) is 3.29. The van der Waals surface area contributed by atoms with Gasteiger partial charge in [0.2, 0.25) is 0 Å². The third-order valence-electron chi connectivity index (χ3n) is 3.29. The molecule has 5 N–H and O–H groups in total. The van der Waals surface area contributed by atoms with Crippen LogP contribution in [0.2, 0.25) is 0 Å². The maximum atomic E-state index is 9.48. The maximum Gasteiger partial charge on any atom is 0.170 e. The second-order valence-corrected chi connectivity index (χ2v) is 4.71. The van der Waals surface area contributed by atoms with E-state index in [9.17, 15) is 5.11 Å². The molecule has 0 fully saturated rings. The molecule has 0 heterocycles. The quantitative estimate of drug-likeness (QED) is 0.281. The number of rotatable bonds is 6. The lowest BCUT2D eigenvalue weighted by molar-refractivity contribution is 0.243. The number of nitrogens with one attached hydrogen (secondary N) is 1. The minimum Gasteiger partial charge on any atom is -0.409 e. The average molecular weight is 285 g/mol. The van der Waals surface area contributed by atoms with E-state index in [2.05, 4.69) is 10.5 Å². The summed E-state index contributed by atoms with van der Waals surface area (Å²) >= 11 is 0. The molecule has 0 spiro atoms. The minimum atomic E-state index is -0.102. The standard InChI is InChI=1S/C16H19N3O2/c17-16(19-21)14-8-6-12(7-9-14)10-18-15(11-20)13-4-2-1-3-5-13/h1-9,15,18,20-21H,10-11H2,(H2,17,19). The molecule has 2 rings (SSSR count). The molecule has 5 heteroatoms. The Morgan fingerprint density at radius 3 is 2.33 bits per heavy atom. The second-order valence-electron chi connectivity index (χ2n) is 4.71. The van der Waals surface area contributed by atoms with E-state index in [1.165, 1.54) is 0 Å². The zero-order valence-corrected chi connectivity index (χ0v) is 11.6. The number of aliphatic hydroxyl groups is 1. The van der Waals surface area contributed by atoms with Gasteiger partial charge in [-0.3, -0.25) is 0 Å². The molecule has 5 nitrogen and oxygen atoms in total. The highest BCUT2D eigenvalue weighted by Crippen LogP contribution is 2.13. The Bertz CT molecular complexity index is 582. The Morgan fingerprint density at radius 2 is 1.76 bits per heavy atom. The van der Waals surface area contributed by atoms with Crippen LogP contribution in [0.5, 0.6) is 0 Å². The molecule has 110 valence electrons. The van der Waals surface area contributed by atoms with E-state index in [0.717, 1.165) is 11.1 Å². The van der Waals surface area contributed by atoms with Crippen molar-refractivity contribution in [1.82, 2.24) is 5.32 Å². The number of nitrogens with zero attached hydrogens (tertiary/aromatic N) is 1. The van der Waals surface area contributed by atoms with Gasteiger partial charge in [-0.25, -0.2) is 0 Å². The number of hydrogen-bond donors (Lipinski definition) is 4. The average Bonchev–Trinajstić information content (AvgIpc) is 2.56. The summed E-state index contributed by atoms with van der Waals surface area (Å²) < 4.78 is 0. The van der Waals surface area contributed by atoms with Crippen LogP contribution in [0.15, 0.2) is 59.8 Å². The summed E-state index contributed by atoms with van der Waals surface area (Å²) in [6.45, 7) is 0.656. The SMILES string of the molecule is NC(=NO)c1ccc(CNC(CO)c2ccccc2)cc1. The van der Waals surface area contributed by atoms with Gasteiger partial charge in [0, 0.05) is 12.1 Å². The number of hydrogen-bond acceptors (Lipinski definition) is 4. The zero-order valence-electron chi connectivity index (χ0n) is 11.6. The third kappa shape index (κ3) is 4.05. The minimum absolute atomic E-state index is 0.0339. The maximum absolute atomic E-state index is 9.48. The number of nitrogens with two attached hydrogens (primary N) is 1. The van der Waals surface area contributed by atoms with Gasteiger partial charge in [-0.05, 0) is 11.1 Å². The summed E-state index contributed by atoms with van der Waals surface area (Å²) in [6.07, 6.45) is 0. The summed E-state index contributed by atoms with van der Waals surface area (Å²) in [5, 5.41) is 24.4. The molecule has 0 aromatic heterocycles. The van der Waals surface area contributed by atoms with Crippen LogP contribution in [-0.2, 0) is 6.54 Å². The van der Waals surface area contributed by atoms with Crippen molar-refractivity contribution in [2.24, 2.45) is 10.9 Å². The molecule has 1 unspecified atom stereocenters. The molecule has 2 aromatic rings. The molecule has 0 amide bonds. The molecule has 0 saturated carbocycles. The summed E-state index contributed by atoms with van der Waals surface area (Å²) in [7, 11) is 0. The molecule has 0 saturated heterocycles. The first kappa shape index (κ1) is 15.0. The molecule has 2 aromatic carbocycles. The predicted octanol–water partition coefficient (Wildman–Crippen LogP) is 1.60. The highest BCUT2D eigenvalue weighted by atomic mass is 16.4. The van der Waals surface area contributed by atoms with Crippen LogP contribution in [-0.4, -0.2) is 22.8 Å². The fraction of sp³-hybridized carbons (Fsp3) is 0.188. The predicted molar refractivity (Wildman–Crippen MR) is 82.1 cm³/mol. The van der Waals surface area contributed by atoms with Crippen LogP contribution in [0.25, 0.3) is 0 Å². The number of aliphatic hydroxyl groups excluding tert-OH is 1. The lowest BCUT2D eigenvalue weighted by Crippen LogP contribution is -2.24. The van der Waals surface area contributed by atoms with Crippen molar-refractivity contribution in [1.29, 1.82) is 0 Å². The van der Waals surface area contributed by atoms with E-state index >= 15 is 0 Å². The largest absolute Gasteiger partial charge is 0.409 e. The van der Waals surface area contributed by atoms with E-state index < -0.39 is 0 Å². The zero-order chi connectivity index (χ0) is 15.1. The highest BCUT2D eigenvalue weighted by Gasteiger charge is 2.09. The summed E-state index contributed by atoms with van der Waals surface area (Å²) in [5.41, 5.74) is 8.29. The fourth-order valence-corrected chi connectivity index (χ4v) is 2.07. The normalized spacial score (nSPS) is 13.1. The molecule has 0 aliphatic carbocycles. The molecule has 1 atom stereocenters. The first-order valence-corrected chi connectivity index (χ1v) is 6.70. The Hall–Kier alpha value is -2.37. The van der Waals surface area contributed by atoms with Crippen molar-refractivity contribution >= 4 is 5.84 Å². The monoisotopic (exact) mass is 285 g/mol. The van der Waals surface area contributed by atoms with Gasteiger partial charge < -0.3 is 21.4 Å². The van der Waals surface area contributed by atoms with Crippen molar-refractivity contribution in [3.63, 3.8) is 0 Å². The van der Waals surface area contributed by atoms with Crippen molar-refractivity contribution in [2.45, 2.75) is 12.6 Å². The smallest absolute Gasteiger partial charge is 0.170 e. The Labute approximate surface area is 123 Å². The lowest BCUT2D eigenvalue weighted by atomic mass is 10.1. The van der Waals surface area contributed by atoms with Gasteiger partial charge in [0.25, 0.3) is 0 Å². The van der Waals surface area contributed by atoms with Crippen LogP contribution in [0.4, 0.5) is 0 Å². The molecule has 0 bridgehead atoms. The first-order chi connectivity index (χ1) is 10.2. The van der Waals surface area contributed by atoms with Gasteiger partial charge in [-0.1, -0.05) is 59.8 Å². The molecule has 0 aliphatic heterocycles. The van der Waals surface area contributed by atoms with E-state index in [0.29, 0.717) is 12.1 Å². The van der Waals surface area contributed by atoms with Crippen molar-refractivity contribution in [3.8, 4) is 0 Å². The lowest BCUT2D eigenvalue weighted by Gasteiger charge is -2.16. The summed E-state index contributed by atoms with van der Waals surface area (Å²) in [5.74, 6) is 0.0898. The molecule has 0 aliphatic rings. The van der Waals surface area contributed by atoms with Gasteiger partial charge in [-0.15, -0.1) is 0 Å². The number of oxime groups is 1. The van der Waals surface area contributed by atoms with Crippen molar-refractivity contribution < 1.29 is 10.3 Å². The van der Waals surface area contributed by atoms with E-state index in [4.69, 9.17) is 10.9 Å². The Morgan fingerprint density at radius 1 is 1.10 bits per heavy atom. The van der Waals surface area contributed by atoms with E-state index in [-0.39, 0.29) is 18.5 Å². The van der Waals surface area contributed by atoms with E-state index in [1.807, 2.05) is 42.5 Å². The van der Waals surface area contributed by atoms with Gasteiger partial charge in [0.05, 0.1) is 12.6 Å². The van der Waals surface area contributed by atoms with E-state index in [1.54, 1.807) is 12.1 Å². The number of benzene rings is 2. The van der Waals surface area contributed by atoms with Gasteiger partial charge in [0.1, 0.15) is 0 Å². The van der Waals surface area contributed by atoms with Gasteiger partial charge >= 0.3 is 0 Å². The topological polar surface area (TPSA) is 90.9 Å². The highest BCUT2D eigenvalue weighted by molar-refractivity contribution is 5.96. The van der Waals surface area contributed by atoms with Gasteiger partial charge in [0.15, 0.2) is 5.84 Å². The molecule has 21 heavy (non-hydrogen) atoms.